The van der Waals surface area contributed by atoms with E-state index in [9.17, 15) is 0 Å². The highest BCUT2D eigenvalue weighted by atomic mass is 32.1. The number of hydrogen-bond acceptors (Lipinski definition) is 4. The average molecular weight is 221 g/mol. The molecule has 1 aromatic carbocycles. The number of thiazole rings is 1. The molecule has 15 heavy (non-hydrogen) atoms. The van der Waals surface area contributed by atoms with Crippen LogP contribution in [0.2, 0.25) is 0 Å². The van der Waals surface area contributed by atoms with Gasteiger partial charge in [0, 0.05) is 12.2 Å². The summed E-state index contributed by atoms with van der Waals surface area (Å²) in [6.45, 7) is 5.31. The molecular weight excluding hydrogens is 206 g/mol. The van der Waals surface area contributed by atoms with Crippen molar-refractivity contribution in [2.75, 3.05) is 17.6 Å². The van der Waals surface area contributed by atoms with Crippen molar-refractivity contribution in [2.45, 2.75) is 13.8 Å². The summed E-state index contributed by atoms with van der Waals surface area (Å²) in [7, 11) is 0. The average Bonchev–Trinajstić information content (AvgIpc) is 2.56. The van der Waals surface area contributed by atoms with Crippen LogP contribution in [0.25, 0.3) is 10.2 Å². The highest BCUT2D eigenvalue weighted by molar-refractivity contribution is 7.22. The van der Waals surface area contributed by atoms with E-state index in [0.717, 1.165) is 27.6 Å². The summed E-state index contributed by atoms with van der Waals surface area (Å²) >= 11 is 1.65. The summed E-state index contributed by atoms with van der Waals surface area (Å²) < 4.78 is 1.14. The lowest BCUT2D eigenvalue weighted by molar-refractivity contribution is 0.688. The predicted octanol–water partition coefficient (Wildman–Crippen LogP) is 2.95. The van der Waals surface area contributed by atoms with E-state index in [2.05, 4.69) is 24.1 Å². The quantitative estimate of drug-likeness (QED) is 0.783. The minimum atomic E-state index is 0.627. The number of nitrogen functional groups attached to an aromatic ring is 1. The third kappa shape index (κ3) is 2.39. The Morgan fingerprint density at radius 2 is 2.27 bits per heavy atom. The predicted molar refractivity (Wildman–Crippen MR) is 67.4 cm³/mol. The Kier molecular flexibility index (Phi) is 2.77. The minimum Gasteiger partial charge on any atom is -0.399 e. The molecule has 0 aliphatic rings. The molecule has 2 aromatic rings. The van der Waals surface area contributed by atoms with E-state index in [1.807, 2.05) is 18.2 Å². The molecule has 0 atom stereocenters. The first kappa shape index (κ1) is 10.2. The fourth-order valence-electron chi connectivity index (χ4n) is 1.31. The summed E-state index contributed by atoms with van der Waals surface area (Å²) in [5.74, 6) is 0.627. The van der Waals surface area contributed by atoms with Crippen LogP contribution in [-0.2, 0) is 0 Å². The SMILES string of the molecule is CC(C)CNc1nc2ccc(N)cc2s1. The van der Waals surface area contributed by atoms with Crippen LogP contribution in [0, 0.1) is 5.92 Å². The van der Waals surface area contributed by atoms with Crippen molar-refractivity contribution in [1.82, 2.24) is 4.98 Å². The lowest BCUT2D eigenvalue weighted by Gasteiger charge is -2.03. The molecular formula is C11H15N3S. The molecule has 3 nitrogen and oxygen atoms in total. The molecule has 0 saturated carbocycles. The number of nitrogens with one attached hydrogen (secondary N) is 1. The molecule has 0 unspecified atom stereocenters. The van der Waals surface area contributed by atoms with Gasteiger partial charge in [-0.15, -0.1) is 0 Å². The van der Waals surface area contributed by atoms with Gasteiger partial charge in [-0.3, -0.25) is 0 Å². The molecule has 0 saturated heterocycles. The molecule has 4 heteroatoms. The van der Waals surface area contributed by atoms with E-state index in [1.165, 1.54) is 0 Å². The Labute approximate surface area is 93.3 Å². The van der Waals surface area contributed by atoms with E-state index in [4.69, 9.17) is 5.73 Å². The minimum absolute atomic E-state index is 0.627. The number of anilines is 2. The van der Waals surface area contributed by atoms with Crippen molar-refractivity contribution in [3.63, 3.8) is 0 Å². The van der Waals surface area contributed by atoms with Crippen molar-refractivity contribution in [3.05, 3.63) is 18.2 Å². The molecule has 80 valence electrons. The molecule has 1 heterocycles. The van der Waals surface area contributed by atoms with Crippen LogP contribution in [0.5, 0.6) is 0 Å². The number of nitrogens with two attached hydrogens (primary N) is 1. The molecule has 1 aromatic heterocycles. The maximum Gasteiger partial charge on any atom is 0.183 e. The van der Waals surface area contributed by atoms with Crippen molar-refractivity contribution in [2.24, 2.45) is 5.92 Å². The molecule has 0 spiro atoms. The van der Waals surface area contributed by atoms with Gasteiger partial charge in [0.1, 0.15) is 0 Å². The zero-order valence-corrected chi connectivity index (χ0v) is 9.77. The first-order chi connectivity index (χ1) is 7.15. The number of fused-ring (bicyclic) bond motifs is 1. The third-order valence-electron chi connectivity index (χ3n) is 2.07. The normalized spacial score (nSPS) is 11.1. The summed E-state index contributed by atoms with van der Waals surface area (Å²) in [6, 6.07) is 5.81. The molecule has 2 rings (SSSR count). The Morgan fingerprint density at radius 1 is 1.47 bits per heavy atom. The molecule has 0 radical (unpaired) electrons. The Bertz CT molecular complexity index is 462. The number of aromatic nitrogens is 1. The smallest absolute Gasteiger partial charge is 0.183 e. The molecule has 0 amide bonds. The van der Waals surface area contributed by atoms with Gasteiger partial charge in [-0.05, 0) is 24.1 Å². The third-order valence-corrected chi connectivity index (χ3v) is 3.05. The fourth-order valence-corrected chi connectivity index (χ4v) is 2.23. The summed E-state index contributed by atoms with van der Waals surface area (Å²) in [5.41, 5.74) is 7.52. The maximum atomic E-state index is 5.71. The van der Waals surface area contributed by atoms with Crippen molar-refractivity contribution in [3.8, 4) is 0 Å². The largest absolute Gasteiger partial charge is 0.399 e. The molecule has 0 fully saturated rings. The van der Waals surface area contributed by atoms with Crippen LogP contribution < -0.4 is 11.1 Å². The van der Waals surface area contributed by atoms with Crippen LogP contribution in [-0.4, -0.2) is 11.5 Å². The lowest BCUT2D eigenvalue weighted by Crippen LogP contribution is -2.07. The van der Waals surface area contributed by atoms with Gasteiger partial charge in [-0.1, -0.05) is 25.2 Å². The second-order valence-electron chi connectivity index (χ2n) is 4.02. The second kappa shape index (κ2) is 4.06. The zero-order valence-electron chi connectivity index (χ0n) is 8.95. The first-order valence-corrected chi connectivity index (χ1v) is 5.87. The summed E-state index contributed by atoms with van der Waals surface area (Å²) in [5, 5.41) is 4.30. The van der Waals surface area contributed by atoms with Gasteiger partial charge in [-0.25, -0.2) is 4.98 Å². The molecule has 0 bridgehead atoms. The Balaban J connectivity index is 2.23. The van der Waals surface area contributed by atoms with Gasteiger partial charge in [0.25, 0.3) is 0 Å². The second-order valence-corrected chi connectivity index (χ2v) is 5.05. The van der Waals surface area contributed by atoms with E-state index in [1.54, 1.807) is 11.3 Å². The van der Waals surface area contributed by atoms with Gasteiger partial charge in [0.05, 0.1) is 10.2 Å². The van der Waals surface area contributed by atoms with Crippen molar-refractivity contribution < 1.29 is 0 Å². The van der Waals surface area contributed by atoms with Crippen molar-refractivity contribution >= 4 is 32.4 Å². The standard InChI is InChI=1S/C11H15N3S/c1-7(2)6-13-11-14-9-4-3-8(12)5-10(9)15-11/h3-5,7H,6,12H2,1-2H3,(H,13,14). The van der Waals surface area contributed by atoms with Crippen LogP contribution >= 0.6 is 11.3 Å². The maximum absolute atomic E-state index is 5.71. The molecule has 0 aliphatic heterocycles. The van der Waals surface area contributed by atoms with Gasteiger partial charge in [0.2, 0.25) is 0 Å². The fraction of sp³-hybridized carbons (Fsp3) is 0.364. The monoisotopic (exact) mass is 221 g/mol. The van der Waals surface area contributed by atoms with E-state index < -0.39 is 0 Å². The van der Waals surface area contributed by atoms with Gasteiger partial charge < -0.3 is 11.1 Å². The Hall–Kier alpha value is -1.29. The van der Waals surface area contributed by atoms with Gasteiger partial charge >= 0.3 is 0 Å². The Morgan fingerprint density at radius 3 is 3.00 bits per heavy atom. The number of hydrogen-bond donors (Lipinski definition) is 2. The van der Waals surface area contributed by atoms with E-state index >= 15 is 0 Å². The summed E-state index contributed by atoms with van der Waals surface area (Å²) in [6.07, 6.45) is 0. The number of rotatable bonds is 3. The first-order valence-electron chi connectivity index (χ1n) is 5.05. The number of nitrogens with zero attached hydrogens (tertiary/aromatic N) is 1. The highest BCUT2D eigenvalue weighted by Crippen LogP contribution is 2.27. The van der Waals surface area contributed by atoms with Crippen molar-refractivity contribution in [1.29, 1.82) is 0 Å². The van der Waals surface area contributed by atoms with E-state index in [0.29, 0.717) is 5.92 Å². The van der Waals surface area contributed by atoms with Crippen LogP contribution in [0.4, 0.5) is 10.8 Å². The lowest BCUT2D eigenvalue weighted by atomic mass is 10.2. The highest BCUT2D eigenvalue weighted by Gasteiger charge is 2.03. The van der Waals surface area contributed by atoms with Crippen LogP contribution in [0.15, 0.2) is 18.2 Å². The van der Waals surface area contributed by atoms with Gasteiger partial charge in [0.15, 0.2) is 5.13 Å². The molecule has 3 N–H and O–H groups in total. The van der Waals surface area contributed by atoms with Gasteiger partial charge in [-0.2, -0.15) is 0 Å². The topological polar surface area (TPSA) is 50.9 Å². The zero-order chi connectivity index (χ0) is 10.8. The van der Waals surface area contributed by atoms with Crippen LogP contribution in [0.1, 0.15) is 13.8 Å². The van der Waals surface area contributed by atoms with Crippen LogP contribution in [0.3, 0.4) is 0 Å². The summed E-state index contributed by atoms with van der Waals surface area (Å²) in [4.78, 5) is 4.48. The molecule has 0 aliphatic carbocycles. The van der Waals surface area contributed by atoms with E-state index in [-0.39, 0.29) is 0 Å². The number of benzene rings is 1.